The SMILES string of the molecule is CC1(C)OB(c2ccc3c(c2)COC32CCOCC2)OC1(C)C. The van der Waals surface area contributed by atoms with E-state index in [4.69, 9.17) is 18.8 Å². The summed E-state index contributed by atoms with van der Waals surface area (Å²) in [6, 6.07) is 6.53. The molecule has 3 aliphatic rings. The minimum Gasteiger partial charge on any atom is -0.399 e. The van der Waals surface area contributed by atoms with Crippen LogP contribution in [0.2, 0.25) is 0 Å². The predicted octanol–water partition coefficient (Wildman–Crippen LogP) is 2.52. The van der Waals surface area contributed by atoms with Gasteiger partial charge in [-0.05, 0) is 44.3 Å². The lowest BCUT2D eigenvalue weighted by atomic mass is 9.76. The second kappa shape index (κ2) is 5.06. The van der Waals surface area contributed by atoms with E-state index in [1.165, 1.54) is 11.1 Å². The van der Waals surface area contributed by atoms with Gasteiger partial charge in [-0.25, -0.2) is 0 Å². The Kier molecular flexibility index (Phi) is 3.44. The van der Waals surface area contributed by atoms with E-state index in [9.17, 15) is 0 Å². The van der Waals surface area contributed by atoms with Gasteiger partial charge in [0.15, 0.2) is 0 Å². The lowest BCUT2D eigenvalue weighted by molar-refractivity contribution is -0.107. The third kappa shape index (κ3) is 2.37. The number of hydrogen-bond acceptors (Lipinski definition) is 4. The van der Waals surface area contributed by atoms with Crippen molar-refractivity contribution in [2.24, 2.45) is 0 Å². The van der Waals surface area contributed by atoms with Gasteiger partial charge in [-0.2, -0.15) is 0 Å². The van der Waals surface area contributed by atoms with Gasteiger partial charge in [-0.15, -0.1) is 0 Å². The highest BCUT2D eigenvalue weighted by Crippen LogP contribution is 2.43. The fraction of sp³-hybridized carbons (Fsp3) is 0.667. The van der Waals surface area contributed by atoms with Crippen LogP contribution in [-0.2, 0) is 31.0 Å². The van der Waals surface area contributed by atoms with E-state index in [1.807, 2.05) is 0 Å². The molecule has 0 saturated carbocycles. The lowest BCUT2D eigenvalue weighted by Crippen LogP contribution is -2.41. The zero-order chi connectivity index (χ0) is 16.3. The van der Waals surface area contributed by atoms with Crippen molar-refractivity contribution in [2.45, 2.75) is 63.9 Å². The fourth-order valence-electron chi connectivity index (χ4n) is 3.71. The molecule has 23 heavy (non-hydrogen) atoms. The molecular formula is C18H25BO4. The summed E-state index contributed by atoms with van der Waals surface area (Å²) in [6.45, 7) is 10.6. The Balaban J connectivity index is 1.62. The summed E-state index contributed by atoms with van der Waals surface area (Å²) in [4.78, 5) is 0. The maximum absolute atomic E-state index is 6.19. The summed E-state index contributed by atoms with van der Waals surface area (Å²) in [5.41, 5.74) is 2.90. The van der Waals surface area contributed by atoms with Gasteiger partial charge in [0.2, 0.25) is 0 Å². The Hall–Kier alpha value is -0.875. The predicted molar refractivity (Wildman–Crippen MR) is 88.7 cm³/mol. The molecule has 1 spiro atoms. The van der Waals surface area contributed by atoms with Crippen molar-refractivity contribution in [3.05, 3.63) is 29.3 Å². The molecule has 2 saturated heterocycles. The Bertz CT molecular complexity index is 603. The highest BCUT2D eigenvalue weighted by atomic mass is 16.7. The first-order chi connectivity index (χ1) is 10.8. The molecule has 1 aromatic carbocycles. The van der Waals surface area contributed by atoms with Crippen LogP contribution in [0.1, 0.15) is 51.7 Å². The van der Waals surface area contributed by atoms with E-state index in [-0.39, 0.29) is 23.9 Å². The number of rotatable bonds is 1. The molecule has 0 unspecified atom stereocenters. The highest BCUT2D eigenvalue weighted by Gasteiger charge is 2.52. The monoisotopic (exact) mass is 316 g/mol. The van der Waals surface area contributed by atoms with Crippen molar-refractivity contribution >= 4 is 12.6 Å². The molecule has 3 heterocycles. The fourth-order valence-corrected chi connectivity index (χ4v) is 3.71. The van der Waals surface area contributed by atoms with Gasteiger partial charge in [0.25, 0.3) is 0 Å². The van der Waals surface area contributed by atoms with Crippen LogP contribution in [0.15, 0.2) is 18.2 Å². The van der Waals surface area contributed by atoms with E-state index in [0.717, 1.165) is 31.5 Å². The number of benzene rings is 1. The standard InChI is InChI=1S/C18H25BO4/c1-16(2)17(3,4)23-19(22-16)14-5-6-15-13(11-14)12-21-18(15)7-9-20-10-8-18/h5-6,11H,7-10,12H2,1-4H3. The number of fused-ring (bicyclic) bond motifs is 2. The Labute approximate surface area is 138 Å². The average Bonchev–Trinajstić information content (AvgIpc) is 2.95. The van der Waals surface area contributed by atoms with Gasteiger partial charge < -0.3 is 18.8 Å². The van der Waals surface area contributed by atoms with Crippen LogP contribution in [0.5, 0.6) is 0 Å². The maximum atomic E-state index is 6.19. The third-order valence-corrected chi connectivity index (χ3v) is 5.95. The lowest BCUT2D eigenvalue weighted by Gasteiger charge is -2.33. The van der Waals surface area contributed by atoms with E-state index in [0.29, 0.717) is 6.61 Å². The topological polar surface area (TPSA) is 36.9 Å². The second-order valence-electron chi connectivity index (χ2n) is 7.90. The van der Waals surface area contributed by atoms with Crippen molar-refractivity contribution in [1.82, 2.24) is 0 Å². The molecule has 0 radical (unpaired) electrons. The molecule has 0 aromatic heterocycles. The molecular weight excluding hydrogens is 291 g/mol. The first-order valence-corrected chi connectivity index (χ1v) is 8.54. The van der Waals surface area contributed by atoms with Crippen LogP contribution >= 0.6 is 0 Å². The van der Waals surface area contributed by atoms with Gasteiger partial charge in [-0.1, -0.05) is 18.2 Å². The molecule has 124 valence electrons. The van der Waals surface area contributed by atoms with E-state index < -0.39 is 0 Å². The van der Waals surface area contributed by atoms with Gasteiger partial charge in [0, 0.05) is 26.1 Å². The van der Waals surface area contributed by atoms with Crippen LogP contribution < -0.4 is 5.46 Å². The van der Waals surface area contributed by atoms with Crippen molar-refractivity contribution in [2.75, 3.05) is 13.2 Å². The average molecular weight is 316 g/mol. The zero-order valence-corrected chi connectivity index (χ0v) is 14.5. The highest BCUT2D eigenvalue weighted by molar-refractivity contribution is 6.62. The van der Waals surface area contributed by atoms with Crippen molar-refractivity contribution in [3.63, 3.8) is 0 Å². The summed E-state index contributed by atoms with van der Waals surface area (Å²) < 4.78 is 24.0. The molecule has 3 aliphatic heterocycles. The Morgan fingerprint density at radius 3 is 2.26 bits per heavy atom. The van der Waals surface area contributed by atoms with Crippen LogP contribution in [0.4, 0.5) is 0 Å². The van der Waals surface area contributed by atoms with Crippen molar-refractivity contribution in [3.8, 4) is 0 Å². The first kappa shape index (κ1) is 15.6. The van der Waals surface area contributed by atoms with Gasteiger partial charge in [-0.3, -0.25) is 0 Å². The summed E-state index contributed by atoms with van der Waals surface area (Å²) in [5, 5.41) is 0. The molecule has 0 bridgehead atoms. The van der Waals surface area contributed by atoms with Crippen LogP contribution in [0.3, 0.4) is 0 Å². The van der Waals surface area contributed by atoms with E-state index in [1.54, 1.807) is 0 Å². The molecule has 0 atom stereocenters. The Morgan fingerprint density at radius 2 is 1.61 bits per heavy atom. The van der Waals surface area contributed by atoms with Gasteiger partial charge in [0.1, 0.15) is 0 Å². The largest absolute Gasteiger partial charge is 0.494 e. The summed E-state index contributed by atoms with van der Waals surface area (Å²) in [5.74, 6) is 0. The second-order valence-corrected chi connectivity index (χ2v) is 7.90. The minimum absolute atomic E-state index is 0.137. The molecule has 4 rings (SSSR count). The quantitative estimate of drug-likeness (QED) is 0.746. The molecule has 1 aromatic rings. The van der Waals surface area contributed by atoms with E-state index >= 15 is 0 Å². The normalized spacial score (nSPS) is 27.4. The minimum atomic E-state index is -0.310. The maximum Gasteiger partial charge on any atom is 0.494 e. The van der Waals surface area contributed by atoms with Gasteiger partial charge >= 0.3 is 7.12 Å². The summed E-state index contributed by atoms with van der Waals surface area (Å²) in [6.07, 6.45) is 1.88. The molecule has 4 nitrogen and oxygen atoms in total. The first-order valence-electron chi connectivity index (χ1n) is 8.54. The number of ether oxygens (including phenoxy) is 2. The summed E-state index contributed by atoms with van der Waals surface area (Å²) >= 11 is 0. The van der Waals surface area contributed by atoms with Crippen LogP contribution in [0.25, 0.3) is 0 Å². The van der Waals surface area contributed by atoms with Crippen LogP contribution in [0, 0.1) is 0 Å². The third-order valence-electron chi connectivity index (χ3n) is 5.95. The molecule has 0 aliphatic carbocycles. The molecule has 0 amide bonds. The van der Waals surface area contributed by atoms with Crippen molar-refractivity contribution in [1.29, 1.82) is 0 Å². The molecule has 0 N–H and O–H groups in total. The smallest absolute Gasteiger partial charge is 0.399 e. The zero-order valence-electron chi connectivity index (χ0n) is 14.5. The van der Waals surface area contributed by atoms with Gasteiger partial charge in [0.05, 0.1) is 23.4 Å². The molecule has 2 fully saturated rings. The molecule has 5 heteroatoms. The summed E-state index contributed by atoms with van der Waals surface area (Å²) in [7, 11) is -0.309. The van der Waals surface area contributed by atoms with Crippen LogP contribution in [-0.4, -0.2) is 31.5 Å². The Morgan fingerprint density at radius 1 is 0.957 bits per heavy atom. The number of hydrogen-bond donors (Lipinski definition) is 0. The van der Waals surface area contributed by atoms with Crippen molar-refractivity contribution < 1.29 is 18.8 Å². The van der Waals surface area contributed by atoms with E-state index in [2.05, 4.69) is 45.9 Å².